The molecule has 152 valence electrons. The molecule has 1 aliphatic carbocycles. The van der Waals surface area contributed by atoms with Gasteiger partial charge in [-0.25, -0.2) is 9.78 Å². The maximum Gasteiger partial charge on any atom is 0.427 e. The quantitative estimate of drug-likeness (QED) is 0.679. The number of fused-ring (bicyclic) bond motifs is 1. The zero-order valence-electron chi connectivity index (χ0n) is 15.1. The first-order valence-electron chi connectivity index (χ1n) is 9.03. The summed E-state index contributed by atoms with van der Waals surface area (Å²) in [6, 6.07) is 3.55. The second-order valence-electron chi connectivity index (χ2n) is 7.24. The summed E-state index contributed by atoms with van der Waals surface area (Å²) in [6.45, 7) is -0.428. The molecule has 1 unspecified atom stereocenters. The van der Waals surface area contributed by atoms with E-state index < -0.39 is 24.9 Å². The number of rotatable bonds is 3. The van der Waals surface area contributed by atoms with Gasteiger partial charge in [-0.3, -0.25) is 0 Å². The van der Waals surface area contributed by atoms with Crippen LogP contribution in [0.4, 0.5) is 18.0 Å². The van der Waals surface area contributed by atoms with E-state index in [0.29, 0.717) is 31.4 Å². The molecule has 2 heterocycles. The van der Waals surface area contributed by atoms with Gasteiger partial charge in [-0.15, -0.1) is 0 Å². The van der Waals surface area contributed by atoms with Gasteiger partial charge < -0.3 is 18.9 Å². The predicted molar refractivity (Wildman–Crippen MR) is 98.1 cm³/mol. The van der Waals surface area contributed by atoms with Crippen LogP contribution in [0, 0.1) is 0 Å². The normalized spacial score (nSPS) is 26.0. The van der Waals surface area contributed by atoms with Crippen LogP contribution in [0.1, 0.15) is 25.7 Å². The van der Waals surface area contributed by atoms with Crippen molar-refractivity contribution in [1.29, 1.82) is 0 Å². The molecule has 1 aliphatic heterocycles. The molecule has 1 aromatic carbocycles. The zero-order chi connectivity index (χ0) is 20.1. The molecule has 2 aromatic rings. The Hall–Kier alpha value is -1.97. The van der Waals surface area contributed by atoms with E-state index in [1.54, 1.807) is 6.33 Å². The Morgan fingerprint density at radius 1 is 1.25 bits per heavy atom. The molecule has 4 rings (SSSR count). The summed E-state index contributed by atoms with van der Waals surface area (Å²) in [7, 11) is 1.90. The second kappa shape index (κ2) is 7.13. The van der Waals surface area contributed by atoms with E-state index in [2.05, 4.69) is 25.7 Å². The van der Waals surface area contributed by atoms with Gasteiger partial charge in [0.2, 0.25) is 6.10 Å². The zero-order valence-corrected chi connectivity index (χ0v) is 16.7. The second-order valence-corrected chi connectivity index (χ2v) is 8.10. The Kier molecular flexibility index (Phi) is 4.93. The maximum absolute atomic E-state index is 12.8. The van der Waals surface area contributed by atoms with Crippen LogP contribution < -0.4 is 4.74 Å². The molecular weight excluding hydrogens is 443 g/mol. The molecule has 1 saturated heterocycles. The number of nitrogens with zero attached hydrogens (tertiary/aromatic N) is 3. The number of aromatic nitrogens is 2. The number of benzene rings is 1. The smallest absolute Gasteiger partial charge is 0.427 e. The number of aryl methyl sites for hydroxylation is 1. The molecule has 0 bridgehead atoms. The summed E-state index contributed by atoms with van der Waals surface area (Å²) in [6.07, 6.45) is -3.27. The van der Waals surface area contributed by atoms with Crippen molar-refractivity contribution in [3.8, 4) is 5.75 Å². The molecule has 28 heavy (non-hydrogen) atoms. The van der Waals surface area contributed by atoms with Gasteiger partial charge in [0.25, 0.3) is 0 Å². The number of ether oxygens (including phenoxy) is 2. The average Bonchev–Trinajstić information content (AvgIpc) is 3.20. The van der Waals surface area contributed by atoms with Crippen LogP contribution in [-0.2, 0) is 11.8 Å². The Morgan fingerprint density at radius 3 is 2.61 bits per heavy atom. The largest absolute Gasteiger partial charge is 0.490 e. The number of amides is 1. The molecule has 6 nitrogen and oxygen atoms in total. The lowest BCUT2D eigenvalue weighted by atomic mass is 9.92. The minimum absolute atomic E-state index is 0.0501. The number of imidazole rings is 1. The fourth-order valence-electron chi connectivity index (χ4n) is 3.85. The fraction of sp³-hybridized carbons (Fsp3) is 0.556. The Labute approximate surface area is 167 Å². The molecule has 0 N–H and O–H groups in total. The minimum atomic E-state index is -4.53. The van der Waals surface area contributed by atoms with Crippen molar-refractivity contribution in [2.24, 2.45) is 7.05 Å². The predicted octanol–water partition coefficient (Wildman–Crippen LogP) is 4.41. The van der Waals surface area contributed by atoms with Crippen LogP contribution in [0.25, 0.3) is 11.0 Å². The molecule has 1 aromatic heterocycles. The highest BCUT2D eigenvalue weighted by molar-refractivity contribution is 9.10. The number of hydrogen-bond donors (Lipinski definition) is 0. The van der Waals surface area contributed by atoms with Gasteiger partial charge in [0.05, 0.1) is 24.5 Å². The van der Waals surface area contributed by atoms with Gasteiger partial charge >= 0.3 is 12.3 Å². The number of hydrogen-bond acceptors (Lipinski definition) is 4. The fourth-order valence-corrected chi connectivity index (χ4v) is 4.38. The number of cyclic esters (lactones) is 1. The van der Waals surface area contributed by atoms with Gasteiger partial charge in [0, 0.05) is 23.6 Å². The van der Waals surface area contributed by atoms with Crippen LogP contribution in [0.2, 0.25) is 0 Å². The molecule has 0 spiro atoms. The summed E-state index contributed by atoms with van der Waals surface area (Å²) < 4.78 is 51.7. The SMILES string of the molecule is Cn1cnc2c(Br)cc(OC3CCC(N4CC(C(F)(F)F)OC4=O)CC3)cc21. The summed E-state index contributed by atoms with van der Waals surface area (Å²) in [5, 5.41) is 0. The topological polar surface area (TPSA) is 56.6 Å². The highest BCUT2D eigenvalue weighted by Gasteiger charge is 2.51. The third-order valence-corrected chi connectivity index (χ3v) is 5.95. The van der Waals surface area contributed by atoms with E-state index in [9.17, 15) is 18.0 Å². The van der Waals surface area contributed by atoms with Crippen LogP contribution in [0.15, 0.2) is 22.9 Å². The van der Waals surface area contributed by atoms with Crippen molar-refractivity contribution < 1.29 is 27.4 Å². The van der Waals surface area contributed by atoms with Gasteiger partial charge in [0.1, 0.15) is 11.3 Å². The number of halogens is 4. The van der Waals surface area contributed by atoms with Crippen LogP contribution in [0.5, 0.6) is 5.75 Å². The highest BCUT2D eigenvalue weighted by Crippen LogP contribution is 2.35. The van der Waals surface area contributed by atoms with Crippen LogP contribution in [-0.4, -0.2) is 51.5 Å². The Balaban J connectivity index is 1.37. The van der Waals surface area contributed by atoms with Gasteiger partial charge in [-0.1, -0.05) is 0 Å². The van der Waals surface area contributed by atoms with Crippen LogP contribution in [0.3, 0.4) is 0 Å². The Morgan fingerprint density at radius 2 is 1.96 bits per heavy atom. The van der Waals surface area contributed by atoms with Gasteiger partial charge in [-0.05, 0) is 47.7 Å². The number of carbonyl (C=O) groups is 1. The molecule has 1 amide bonds. The van der Waals surface area contributed by atoms with Gasteiger partial charge in [-0.2, -0.15) is 13.2 Å². The maximum atomic E-state index is 12.8. The summed E-state index contributed by atoms with van der Waals surface area (Å²) in [5.41, 5.74) is 1.79. The summed E-state index contributed by atoms with van der Waals surface area (Å²) in [5.74, 6) is 0.712. The van der Waals surface area contributed by atoms with E-state index >= 15 is 0 Å². The molecule has 0 radical (unpaired) electrons. The van der Waals surface area contributed by atoms with E-state index in [1.165, 1.54) is 4.90 Å². The van der Waals surface area contributed by atoms with E-state index in [1.807, 2.05) is 23.7 Å². The first-order valence-corrected chi connectivity index (χ1v) is 9.83. The Bertz CT molecular complexity index is 893. The van der Waals surface area contributed by atoms with Crippen molar-refractivity contribution in [2.45, 2.75) is 50.1 Å². The molecule has 1 saturated carbocycles. The lowest BCUT2D eigenvalue weighted by Crippen LogP contribution is -2.42. The average molecular weight is 462 g/mol. The summed E-state index contributed by atoms with van der Waals surface area (Å²) in [4.78, 5) is 17.4. The monoisotopic (exact) mass is 461 g/mol. The molecular formula is C18H19BrF3N3O3. The van der Waals surface area contributed by atoms with Crippen molar-refractivity contribution in [1.82, 2.24) is 14.5 Å². The molecule has 2 aliphatic rings. The molecule has 1 atom stereocenters. The first kappa shape index (κ1) is 19.4. The molecule has 2 fully saturated rings. The number of carbonyl (C=O) groups excluding carboxylic acids is 1. The minimum Gasteiger partial charge on any atom is -0.490 e. The third-order valence-electron chi connectivity index (χ3n) is 5.35. The summed E-state index contributed by atoms with van der Waals surface area (Å²) >= 11 is 3.50. The number of alkyl halides is 3. The highest BCUT2D eigenvalue weighted by atomic mass is 79.9. The van der Waals surface area contributed by atoms with Crippen molar-refractivity contribution in [3.05, 3.63) is 22.9 Å². The third kappa shape index (κ3) is 3.66. The lowest BCUT2D eigenvalue weighted by Gasteiger charge is -2.33. The van der Waals surface area contributed by atoms with E-state index in [4.69, 9.17) is 4.74 Å². The first-order chi connectivity index (χ1) is 13.2. The standard InChI is InChI=1S/C18H19BrF3N3O3/c1-24-9-23-16-13(19)6-12(7-14(16)24)27-11-4-2-10(3-5-11)25-8-15(18(20,21)22)28-17(25)26/h6-7,9-11,15H,2-5,8H2,1H3. The van der Waals surface area contributed by atoms with E-state index in [0.717, 1.165) is 15.5 Å². The lowest BCUT2D eigenvalue weighted by molar-refractivity contribution is -0.192. The van der Waals surface area contributed by atoms with Crippen molar-refractivity contribution in [3.63, 3.8) is 0 Å². The van der Waals surface area contributed by atoms with Crippen molar-refractivity contribution >= 4 is 33.1 Å². The van der Waals surface area contributed by atoms with Crippen molar-refractivity contribution in [2.75, 3.05) is 6.54 Å². The van der Waals surface area contributed by atoms with Crippen LogP contribution >= 0.6 is 15.9 Å². The van der Waals surface area contributed by atoms with E-state index in [-0.39, 0.29) is 12.1 Å². The molecule has 10 heteroatoms. The van der Waals surface area contributed by atoms with Gasteiger partial charge in [0.15, 0.2) is 0 Å².